The third-order valence-corrected chi connectivity index (χ3v) is 9.50. The molecular weight excluding hydrogens is 604 g/mol. The summed E-state index contributed by atoms with van der Waals surface area (Å²) in [5.41, 5.74) is 8.26. The van der Waals surface area contributed by atoms with E-state index in [2.05, 4.69) is 42.3 Å². The van der Waals surface area contributed by atoms with E-state index in [1.165, 1.54) is 5.57 Å². The van der Waals surface area contributed by atoms with E-state index < -0.39 is 17.7 Å². The van der Waals surface area contributed by atoms with E-state index in [1.54, 1.807) is 11.3 Å². The Morgan fingerprint density at radius 1 is 1.09 bits per heavy atom. The van der Waals surface area contributed by atoms with Crippen molar-refractivity contribution in [1.29, 1.82) is 0 Å². The smallest absolute Gasteiger partial charge is 0.339 e. The first-order valence-electron chi connectivity index (χ1n) is 15.3. The number of esters is 1. The number of halogens is 1. The molecule has 0 saturated heterocycles. The Morgan fingerprint density at radius 2 is 1.82 bits per heavy atom. The summed E-state index contributed by atoms with van der Waals surface area (Å²) in [4.78, 5) is 20.9. The van der Waals surface area contributed by atoms with Crippen LogP contribution in [0.15, 0.2) is 54.6 Å². The summed E-state index contributed by atoms with van der Waals surface area (Å²) in [6, 6.07) is 16.3. The Bertz CT molecular complexity index is 1930. The number of hydrogen-bond donors (Lipinski definition) is 0. The number of carbonyl (C=O) groups is 1. The van der Waals surface area contributed by atoms with Gasteiger partial charge in [0.1, 0.15) is 5.01 Å². The topological polar surface area (TPSA) is 69.5 Å². The fraction of sp³-hybridized carbons (Fsp3) is 0.361. The third-order valence-electron chi connectivity index (χ3n) is 8.11. The fourth-order valence-corrected chi connectivity index (χ4v) is 7.23. The van der Waals surface area contributed by atoms with Gasteiger partial charge in [-0.25, -0.2) is 9.78 Å². The Labute approximate surface area is 273 Å². The number of aromatic nitrogens is 3. The van der Waals surface area contributed by atoms with Gasteiger partial charge < -0.3 is 14.4 Å². The highest BCUT2D eigenvalue weighted by Gasteiger charge is 2.33. The molecule has 0 unspecified atom stereocenters. The van der Waals surface area contributed by atoms with Gasteiger partial charge in [0.25, 0.3) is 0 Å². The molecule has 0 saturated carbocycles. The van der Waals surface area contributed by atoms with Crippen molar-refractivity contribution in [2.24, 2.45) is 7.05 Å². The molecule has 0 radical (unpaired) electrons. The highest BCUT2D eigenvalue weighted by molar-refractivity contribution is 7.22. The lowest BCUT2D eigenvalue weighted by atomic mass is 9.91. The number of fused-ring (bicyclic) bond motifs is 2. The average Bonchev–Trinajstić information content (AvgIpc) is 3.56. The van der Waals surface area contributed by atoms with Crippen LogP contribution in [0.25, 0.3) is 48.4 Å². The van der Waals surface area contributed by atoms with E-state index in [-0.39, 0.29) is 6.61 Å². The first-order chi connectivity index (χ1) is 21.4. The third kappa shape index (κ3) is 6.29. The lowest BCUT2D eigenvalue weighted by Crippen LogP contribution is -2.29. The Hall–Kier alpha value is -3.56. The van der Waals surface area contributed by atoms with Gasteiger partial charge in [0.05, 0.1) is 33.6 Å². The molecule has 2 aromatic heterocycles. The number of nitrogens with zero attached hydrogens (tertiary/aromatic N) is 4. The summed E-state index contributed by atoms with van der Waals surface area (Å²) < 4.78 is 14.9. The van der Waals surface area contributed by atoms with Crippen LogP contribution in [0, 0.1) is 6.92 Å². The van der Waals surface area contributed by atoms with E-state index in [9.17, 15) is 4.79 Å². The minimum atomic E-state index is -0.913. The summed E-state index contributed by atoms with van der Waals surface area (Å²) in [6.45, 7) is 11.9. The summed E-state index contributed by atoms with van der Waals surface area (Å²) in [6.07, 6.45) is 2.37. The van der Waals surface area contributed by atoms with Gasteiger partial charge in [0.15, 0.2) is 6.10 Å². The van der Waals surface area contributed by atoms with Crippen LogP contribution in [0.1, 0.15) is 57.0 Å². The summed E-state index contributed by atoms with van der Waals surface area (Å²) in [5.74, 6) is -0.410. The maximum absolute atomic E-state index is 13.5. The van der Waals surface area contributed by atoms with Gasteiger partial charge in [-0.2, -0.15) is 5.10 Å². The summed E-state index contributed by atoms with van der Waals surface area (Å²) >= 11 is 7.92. The molecule has 7 nitrogen and oxygen atoms in total. The molecule has 1 atom stereocenters. The average molecular weight is 643 g/mol. The van der Waals surface area contributed by atoms with Crippen LogP contribution in [0.5, 0.6) is 0 Å². The van der Waals surface area contributed by atoms with E-state index in [0.717, 1.165) is 79.1 Å². The number of carbonyl (C=O) groups excluding carboxylic acids is 1. The number of aryl methyl sites for hydroxylation is 2. The molecule has 1 aliphatic heterocycles. The lowest BCUT2D eigenvalue weighted by Gasteiger charge is -2.29. The minimum absolute atomic E-state index is 0.262. The second-order valence-corrected chi connectivity index (χ2v) is 14.1. The van der Waals surface area contributed by atoms with Crippen LogP contribution in [-0.4, -0.2) is 58.0 Å². The molecule has 0 spiro atoms. The van der Waals surface area contributed by atoms with Gasteiger partial charge >= 0.3 is 5.97 Å². The SMILES string of the molecule is CCOC(=O)[C@@H](OC(C)(C)C)c1c(C)cc2nc(-c3ccc4c(C5=CCN(C)CC5)nn(C)c4c3)sc2c1-c1ccc(Cl)cc1. The van der Waals surface area contributed by atoms with Crippen LogP contribution in [-0.2, 0) is 21.3 Å². The van der Waals surface area contributed by atoms with E-state index >= 15 is 0 Å². The predicted octanol–water partition coefficient (Wildman–Crippen LogP) is 8.62. The van der Waals surface area contributed by atoms with Crippen molar-refractivity contribution in [3.05, 3.63) is 76.5 Å². The largest absolute Gasteiger partial charge is 0.464 e. The molecule has 0 fully saturated rings. The molecule has 1 aliphatic rings. The first-order valence-corrected chi connectivity index (χ1v) is 16.5. The normalized spacial score (nSPS) is 15.1. The zero-order valence-electron chi connectivity index (χ0n) is 26.9. The standard InChI is InChI=1S/C36H39ClN4O3S/c1-8-43-35(42)32(44-36(3,4)5)29-21(2)19-27-33(30(29)22-9-12-25(37)13-10-22)45-34(38-27)24-11-14-26-28(20-24)41(7)39-31(26)23-15-17-40(6)18-16-23/h9-15,19-20,32H,8,16-18H2,1-7H3/t32-/m0/s1. The molecular formula is C36H39ClN4O3S. The predicted molar refractivity (Wildman–Crippen MR) is 185 cm³/mol. The van der Waals surface area contributed by atoms with Crippen molar-refractivity contribution < 1.29 is 14.3 Å². The van der Waals surface area contributed by atoms with Crippen molar-refractivity contribution in [3.63, 3.8) is 0 Å². The van der Waals surface area contributed by atoms with E-state index in [0.29, 0.717) is 5.02 Å². The molecule has 234 valence electrons. The minimum Gasteiger partial charge on any atom is -0.464 e. The van der Waals surface area contributed by atoms with Crippen molar-refractivity contribution in [2.45, 2.75) is 52.7 Å². The summed E-state index contributed by atoms with van der Waals surface area (Å²) in [5, 5.41) is 7.61. The van der Waals surface area contributed by atoms with Crippen LogP contribution in [0.3, 0.4) is 0 Å². The van der Waals surface area contributed by atoms with Crippen molar-refractivity contribution in [1.82, 2.24) is 19.7 Å². The highest BCUT2D eigenvalue weighted by Crippen LogP contribution is 2.45. The van der Waals surface area contributed by atoms with Crippen molar-refractivity contribution >= 4 is 55.6 Å². The zero-order valence-corrected chi connectivity index (χ0v) is 28.5. The molecule has 9 heteroatoms. The van der Waals surface area contributed by atoms with Gasteiger partial charge in [-0.05, 0) is 95.1 Å². The van der Waals surface area contributed by atoms with Crippen LogP contribution >= 0.6 is 22.9 Å². The zero-order chi connectivity index (χ0) is 32.0. The molecule has 0 aliphatic carbocycles. The second-order valence-electron chi connectivity index (χ2n) is 12.7. The Kier molecular flexibility index (Phi) is 8.61. The Morgan fingerprint density at radius 3 is 2.49 bits per heavy atom. The monoisotopic (exact) mass is 642 g/mol. The van der Waals surface area contributed by atoms with Crippen LogP contribution < -0.4 is 0 Å². The lowest BCUT2D eigenvalue weighted by molar-refractivity contribution is -0.166. The van der Waals surface area contributed by atoms with Crippen molar-refractivity contribution in [3.8, 4) is 21.7 Å². The van der Waals surface area contributed by atoms with E-state index in [4.69, 9.17) is 31.2 Å². The molecule has 3 aromatic carbocycles. The molecule has 3 heterocycles. The Balaban J connectivity index is 1.53. The van der Waals surface area contributed by atoms with Gasteiger partial charge in [-0.1, -0.05) is 35.9 Å². The molecule has 0 bridgehead atoms. The van der Waals surface area contributed by atoms with Crippen LogP contribution in [0.2, 0.25) is 5.02 Å². The quantitative estimate of drug-likeness (QED) is 0.166. The fourth-order valence-electron chi connectivity index (χ4n) is 5.99. The van der Waals surface area contributed by atoms with Gasteiger partial charge in [0.2, 0.25) is 0 Å². The second kappa shape index (κ2) is 12.3. The number of thiazole rings is 1. The van der Waals surface area contributed by atoms with Gasteiger partial charge in [0, 0.05) is 47.2 Å². The molecule has 0 N–H and O–H groups in total. The molecule has 6 rings (SSSR count). The molecule has 0 amide bonds. The maximum Gasteiger partial charge on any atom is 0.339 e. The number of likely N-dealkylation sites (N-methyl/N-ethyl adjacent to an activating group) is 1. The summed E-state index contributed by atoms with van der Waals surface area (Å²) in [7, 11) is 4.15. The molecule has 5 aromatic rings. The number of rotatable bonds is 7. The maximum atomic E-state index is 13.5. The highest BCUT2D eigenvalue weighted by atomic mass is 35.5. The number of benzene rings is 3. The van der Waals surface area contributed by atoms with Gasteiger partial charge in [-0.15, -0.1) is 11.3 Å². The van der Waals surface area contributed by atoms with Crippen molar-refractivity contribution in [2.75, 3.05) is 26.7 Å². The van der Waals surface area contributed by atoms with Gasteiger partial charge in [-0.3, -0.25) is 4.68 Å². The number of ether oxygens (including phenoxy) is 2. The van der Waals surface area contributed by atoms with E-state index in [1.807, 2.05) is 70.6 Å². The molecule has 45 heavy (non-hydrogen) atoms. The number of hydrogen-bond acceptors (Lipinski definition) is 7. The van der Waals surface area contributed by atoms with Crippen LogP contribution in [0.4, 0.5) is 0 Å². The first kappa shape index (κ1) is 31.4.